The van der Waals surface area contributed by atoms with Crippen LogP contribution >= 0.6 is 0 Å². The maximum absolute atomic E-state index is 13.6. The summed E-state index contributed by atoms with van der Waals surface area (Å²) in [5.74, 6) is -1.42. The average molecular weight is 411 g/mol. The number of unbranched alkanes of at least 4 members (excludes halogenated alkanes) is 2. The van der Waals surface area contributed by atoms with Crippen LogP contribution in [0.2, 0.25) is 0 Å². The lowest BCUT2D eigenvalue weighted by Gasteiger charge is -2.06. The maximum atomic E-state index is 13.6. The van der Waals surface area contributed by atoms with Crippen molar-refractivity contribution >= 4 is 35.1 Å². The number of amides is 3. The number of carbonyl (C=O) groups excluding carboxylic acids is 3. The highest BCUT2D eigenvalue weighted by atomic mass is 19.1. The molecule has 8 heteroatoms. The van der Waals surface area contributed by atoms with Crippen LogP contribution in [0.4, 0.5) is 10.1 Å². The second-order valence-electron chi connectivity index (χ2n) is 6.93. The van der Waals surface area contributed by atoms with E-state index >= 15 is 0 Å². The van der Waals surface area contributed by atoms with E-state index < -0.39 is 11.7 Å². The number of halogens is 1. The average Bonchev–Trinajstić information content (AvgIpc) is 3.05. The van der Waals surface area contributed by atoms with Crippen molar-refractivity contribution in [1.82, 2.24) is 10.8 Å². The van der Waals surface area contributed by atoms with Gasteiger partial charge in [0, 0.05) is 35.4 Å². The second-order valence-corrected chi connectivity index (χ2v) is 6.93. The molecule has 2 aromatic rings. The monoisotopic (exact) mass is 411 g/mol. The maximum Gasteiger partial charge on any atom is 0.256 e. The number of benzene rings is 2. The summed E-state index contributed by atoms with van der Waals surface area (Å²) in [6, 6.07) is 10.9. The number of carbonyl (C=O) groups is 3. The quantitative estimate of drug-likeness (QED) is 0.232. The van der Waals surface area contributed by atoms with Gasteiger partial charge in [0.15, 0.2) is 0 Å². The highest BCUT2D eigenvalue weighted by Crippen LogP contribution is 2.33. The molecule has 4 N–H and O–H groups in total. The molecular weight excluding hydrogens is 389 g/mol. The number of hydrogen-bond acceptors (Lipinski definition) is 4. The summed E-state index contributed by atoms with van der Waals surface area (Å²) in [5, 5.41) is 13.9. The van der Waals surface area contributed by atoms with Gasteiger partial charge in [0.2, 0.25) is 5.91 Å². The number of nitrogens with one attached hydrogen (secondary N) is 3. The summed E-state index contributed by atoms with van der Waals surface area (Å²) < 4.78 is 13.6. The number of anilines is 1. The lowest BCUT2D eigenvalue weighted by atomic mass is 10.0. The normalized spacial score (nSPS) is 13.7. The standard InChI is InChI=1S/C22H22FN3O4/c23-16-8-9-19-17(13-16)18(22(29)25-19)12-14-5-4-6-15(11-14)21(28)24-10-3-1-2-7-20(27)26-30/h4-6,8-9,11-13,30H,1-3,7,10H2,(H,24,28)(H,25,29)(H,26,27)/b18-12-. The predicted molar refractivity (Wildman–Crippen MR) is 110 cm³/mol. The number of hydrogen-bond donors (Lipinski definition) is 4. The summed E-state index contributed by atoms with van der Waals surface area (Å²) in [5.41, 5.74) is 4.07. The molecular formula is C22H22FN3O4. The molecule has 0 saturated heterocycles. The van der Waals surface area contributed by atoms with E-state index in [0.29, 0.717) is 47.3 Å². The second kappa shape index (κ2) is 9.80. The molecule has 30 heavy (non-hydrogen) atoms. The first-order valence-electron chi connectivity index (χ1n) is 9.62. The Kier molecular flexibility index (Phi) is 6.92. The Hall–Kier alpha value is -3.52. The van der Waals surface area contributed by atoms with Crippen molar-refractivity contribution in [3.63, 3.8) is 0 Å². The van der Waals surface area contributed by atoms with Gasteiger partial charge in [-0.05, 0) is 54.8 Å². The van der Waals surface area contributed by atoms with Crippen LogP contribution in [0.3, 0.4) is 0 Å². The van der Waals surface area contributed by atoms with Crippen molar-refractivity contribution in [1.29, 1.82) is 0 Å². The molecule has 0 unspecified atom stereocenters. The number of hydroxylamine groups is 1. The third kappa shape index (κ3) is 5.30. The van der Waals surface area contributed by atoms with Crippen molar-refractivity contribution in [2.45, 2.75) is 25.7 Å². The minimum atomic E-state index is -0.429. The van der Waals surface area contributed by atoms with Crippen LogP contribution in [0, 0.1) is 5.82 Å². The van der Waals surface area contributed by atoms with Gasteiger partial charge in [0.25, 0.3) is 11.8 Å². The van der Waals surface area contributed by atoms with Gasteiger partial charge in [-0.3, -0.25) is 19.6 Å². The van der Waals surface area contributed by atoms with E-state index in [1.807, 2.05) is 0 Å². The first-order chi connectivity index (χ1) is 14.5. The zero-order chi connectivity index (χ0) is 21.5. The first-order valence-corrected chi connectivity index (χ1v) is 9.62. The Morgan fingerprint density at radius 1 is 1.10 bits per heavy atom. The minimum absolute atomic E-state index is 0.238. The van der Waals surface area contributed by atoms with E-state index in [1.54, 1.807) is 35.8 Å². The topological polar surface area (TPSA) is 108 Å². The molecule has 0 atom stereocenters. The molecule has 0 radical (unpaired) electrons. The fourth-order valence-electron chi connectivity index (χ4n) is 3.19. The fraction of sp³-hybridized carbons (Fsp3) is 0.227. The van der Waals surface area contributed by atoms with E-state index in [2.05, 4.69) is 10.6 Å². The molecule has 0 aromatic heterocycles. The predicted octanol–water partition coefficient (Wildman–Crippen LogP) is 3.11. The van der Waals surface area contributed by atoms with Crippen LogP contribution in [-0.2, 0) is 9.59 Å². The Bertz CT molecular complexity index is 1000. The molecule has 2 aromatic carbocycles. The van der Waals surface area contributed by atoms with Crippen molar-refractivity contribution in [3.05, 3.63) is 65.0 Å². The molecule has 0 bridgehead atoms. The van der Waals surface area contributed by atoms with Crippen LogP contribution < -0.4 is 16.1 Å². The lowest BCUT2D eigenvalue weighted by Crippen LogP contribution is -2.24. The molecule has 156 valence electrons. The molecule has 0 saturated carbocycles. The Balaban J connectivity index is 1.61. The van der Waals surface area contributed by atoms with Gasteiger partial charge in [-0.2, -0.15) is 0 Å². The molecule has 0 spiro atoms. The molecule has 0 aliphatic carbocycles. The van der Waals surface area contributed by atoms with E-state index in [9.17, 15) is 18.8 Å². The van der Waals surface area contributed by atoms with Crippen LogP contribution in [0.15, 0.2) is 42.5 Å². The van der Waals surface area contributed by atoms with E-state index in [4.69, 9.17) is 5.21 Å². The van der Waals surface area contributed by atoms with Gasteiger partial charge in [0.1, 0.15) is 5.82 Å². The van der Waals surface area contributed by atoms with E-state index in [-0.39, 0.29) is 18.2 Å². The molecule has 3 rings (SSSR count). The summed E-state index contributed by atoms with van der Waals surface area (Å²) >= 11 is 0. The third-order valence-electron chi connectivity index (χ3n) is 4.72. The van der Waals surface area contributed by atoms with Crippen LogP contribution in [0.25, 0.3) is 11.6 Å². The third-order valence-corrected chi connectivity index (χ3v) is 4.72. The van der Waals surface area contributed by atoms with Gasteiger partial charge >= 0.3 is 0 Å². The first kappa shape index (κ1) is 21.2. The summed E-state index contributed by atoms with van der Waals surface area (Å²) in [4.78, 5) is 35.5. The molecule has 7 nitrogen and oxygen atoms in total. The zero-order valence-corrected chi connectivity index (χ0v) is 16.2. The van der Waals surface area contributed by atoms with Crippen molar-refractivity contribution in [2.24, 2.45) is 0 Å². The van der Waals surface area contributed by atoms with Crippen LogP contribution in [0.5, 0.6) is 0 Å². The molecule has 3 amide bonds. The number of fused-ring (bicyclic) bond motifs is 1. The zero-order valence-electron chi connectivity index (χ0n) is 16.2. The summed E-state index contributed by atoms with van der Waals surface area (Å²) in [6.07, 6.45) is 3.93. The van der Waals surface area contributed by atoms with Crippen LogP contribution in [-0.4, -0.2) is 29.5 Å². The fourth-order valence-corrected chi connectivity index (χ4v) is 3.19. The van der Waals surface area contributed by atoms with Crippen molar-refractivity contribution < 1.29 is 24.0 Å². The van der Waals surface area contributed by atoms with E-state index in [1.165, 1.54) is 18.2 Å². The number of rotatable bonds is 8. The largest absolute Gasteiger partial charge is 0.352 e. The SMILES string of the molecule is O=C(CCCCCNC(=O)c1cccc(/C=C2\C(=O)Nc3ccc(F)cc32)c1)NO. The molecule has 0 fully saturated rings. The van der Waals surface area contributed by atoms with Crippen molar-refractivity contribution in [3.8, 4) is 0 Å². The van der Waals surface area contributed by atoms with Gasteiger partial charge in [-0.15, -0.1) is 0 Å². The van der Waals surface area contributed by atoms with Crippen molar-refractivity contribution in [2.75, 3.05) is 11.9 Å². The Morgan fingerprint density at radius 3 is 2.73 bits per heavy atom. The smallest absolute Gasteiger partial charge is 0.256 e. The van der Waals surface area contributed by atoms with E-state index in [0.717, 1.165) is 6.42 Å². The lowest BCUT2D eigenvalue weighted by molar-refractivity contribution is -0.129. The highest BCUT2D eigenvalue weighted by Gasteiger charge is 2.24. The van der Waals surface area contributed by atoms with Gasteiger partial charge < -0.3 is 10.6 Å². The summed E-state index contributed by atoms with van der Waals surface area (Å²) in [7, 11) is 0. The van der Waals surface area contributed by atoms with Gasteiger partial charge in [-0.25, -0.2) is 9.87 Å². The minimum Gasteiger partial charge on any atom is -0.352 e. The Morgan fingerprint density at radius 2 is 1.93 bits per heavy atom. The van der Waals surface area contributed by atoms with Gasteiger partial charge in [0.05, 0.1) is 0 Å². The molecule has 1 aliphatic rings. The highest BCUT2D eigenvalue weighted by molar-refractivity contribution is 6.34. The Labute approximate surface area is 172 Å². The summed E-state index contributed by atoms with van der Waals surface area (Å²) in [6.45, 7) is 0.458. The molecule has 1 aliphatic heterocycles. The van der Waals surface area contributed by atoms with Crippen LogP contribution in [0.1, 0.15) is 47.2 Å². The molecule has 1 heterocycles. The van der Waals surface area contributed by atoms with Gasteiger partial charge in [-0.1, -0.05) is 18.6 Å².